The van der Waals surface area contributed by atoms with Crippen LogP contribution in [0.2, 0.25) is 0 Å². The molecular weight excluding hydrogens is 238 g/mol. The Morgan fingerprint density at radius 3 is 1.89 bits per heavy atom. The maximum Gasteiger partial charge on any atom is 0.159 e. The zero-order valence-electron chi connectivity index (χ0n) is 12.7. The van der Waals surface area contributed by atoms with Gasteiger partial charge in [0.15, 0.2) is 5.78 Å². The van der Waals surface area contributed by atoms with E-state index in [9.17, 15) is 9.90 Å². The second kappa shape index (κ2) is 5.33. The molecule has 0 fully saturated rings. The topological polar surface area (TPSA) is 49.3 Å². The second-order valence-corrected chi connectivity index (χ2v) is 7.03. The molecule has 1 aromatic carbocycles. The van der Waals surface area contributed by atoms with Gasteiger partial charge in [-0.15, -0.1) is 0 Å². The molecule has 0 saturated carbocycles. The van der Waals surface area contributed by atoms with Gasteiger partial charge < -0.3 is 5.11 Å². The van der Waals surface area contributed by atoms with Crippen molar-refractivity contribution in [2.24, 2.45) is 5.41 Å². The Kier molecular flexibility index (Phi) is 4.41. The monoisotopic (exact) mass is 263 g/mol. The first-order valence-electron chi connectivity index (χ1n) is 6.62. The molecule has 0 amide bonds. The Bertz CT molecular complexity index is 435. The fourth-order valence-corrected chi connectivity index (χ4v) is 1.83. The predicted molar refractivity (Wildman–Crippen MR) is 78.2 cm³/mol. The summed E-state index contributed by atoms with van der Waals surface area (Å²) in [6.45, 7) is 11.9. The molecule has 1 atom stereocenters. The van der Waals surface area contributed by atoms with E-state index in [0.717, 1.165) is 5.56 Å². The third-order valence-electron chi connectivity index (χ3n) is 2.81. The first-order valence-corrected chi connectivity index (χ1v) is 6.62. The van der Waals surface area contributed by atoms with Crippen LogP contribution in [0.1, 0.15) is 53.1 Å². The van der Waals surface area contributed by atoms with Gasteiger partial charge >= 0.3 is 0 Å². The highest BCUT2D eigenvalue weighted by Gasteiger charge is 2.32. The number of rotatable bonds is 3. The fourth-order valence-electron chi connectivity index (χ4n) is 1.83. The van der Waals surface area contributed by atoms with Crippen LogP contribution in [0.4, 0.5) is 0 Å². The fraction of sp³-hybridized carbons (Fsp3) is 0.562. The first-order chi connectivity index (χ1) is 8.50. The summed E-state index contributed by atoms with van der Waals surface area (Å²) in [4.78, 5) is 12.6. The molecule has 1 aromatic rings. The van der Waals surface area contributed by atoms with Gasteiger partial charge in [0.1, 0.15) is 5.75 Å². The third kappa shape index (κ3) is 4.67. The number of ketones is 1. The van der Waals surface area contributed by atoms with E-state index in [4.69, 9.17) is 0 Å². The second-order valence-electron chi connectivity index (χ2n) is 7.03. The highest BCUT2D eigenvalue weighted by Crippen LogP contribution is 2.28. The van der Waals surface area contributed by atoms with E-state index >= 15 is 0 Å². The van der Waals surface area contributed by atoms with E-state index < -0.39 is 5.41 Å². The molecule has 106 valence electrons. The van der Waals surface area contributed by atoms with Crippen LogP contribution in [-0.4, -0.2) is 16.4 Å². The van der Waals surface area contributed by atoms with Crippen molar-refractivity contribution in [1.82, 2.24) is 5.32 Å². The van der Waals surface area contributed by atoms with Gasteiger partial charge in [-0.05, 0) is 38.5 Å². The zero-order valence-corrected chi connectivity index (χ0v) is 12.7. The molecule has 0 aliphatic heterocycles. The lowest BCUT2D eigenvalue weighted by molar-refractivity contribution is -0.129. The molecule has 3 nitrogen and oxygen atoms in total. The van der Waals surface area contributed by atoms with Crippen molar-refractivity contribution in [1.29, 1.82) is 0 Å². The number of phenols is 1. The molecule has 0 aromatic heterocycles. The van der Waals surface area contributed by atoms with Crippen LogP contribution in [0.25, 0.3) is 0 Å². The van der Waals surface area contributed by atoms with Crippen molar-refractivity contribution in [2.45, 2.75) is 53.1 Å². The number of hydrogen-bond donors (Lipinski definition) is 2. The quantitative estimate of drug-likeness (QED) is 0.878. The van der Waals surface area contributed by atoms with E-state index in [1.54, 1.807) is 24.3 Å². The number of carbonyl (C=O) groups excluding carboxylic acids is 1. The summed E-state index contributed by atoms with van der Waals surface area (Å²) < 4.78 is 0. The minimum Gasteiger partial charge on any atom is -0.508 e. The van der Waals surface area contributed by atoms with Gasteiger partial charge in [0.2, 0.25) is 0 Å². The molecule has 0 aliphatic carbocycles. The molecule has 1 rings (SSSR count). The van der Waals surface area contributed by atoms with Crippen molar-refractivity contribution in [3.63, 3.8) is 0 Å². The van der Waals surface area contributed by atoms with Crippen molar-refractivity contribution in [3.05, 3.63) is 29.8 Å². The highest BCUT2D eigenvalue weighted by atomic mass is 16.3. The Hall–Kier alpha value is -1.35. The summed E-state index contributed by atoms with van der Waals surface area (Å²) in [6, 6.07) is 6.45. The average molecular weight is 263 g/mol. The first kappa shape index (κ1) is 15.7. The lowest BCUT2D eigenvalue weighted by Gasteiger charge is -2.32. The minimum absolute atomic E-state index is 0.146. The van der Waals surface area contributed by atoms with Gasteiger partial charge in [-0.2, -0.15) is 0 Å². The highest BCUT2D eigenvalue weighted by molar-refractivity contribution is 5.89. The number of aromatic hydroxyl groups is 1. The number of phenolic OH excluding ortho intramolecular Hbond substituents is 1. The van der Waals surface area contributed by atoms with E-state index in [-0.39, 0.29) is 23.1 Å². The summed E-state index contributed by atoms with van der Waals surface area (Å²) in [6.07, 6.45) is 0. The molecule has 1 unspecified atom stereocenters. The van der Waals surface area contributed by atoms with Gasteiger partial charge in [-0.3, -0.25) is 10.1 Å². The van der Waals surface area contributed by atoms with Crippen LogP contribution in [0, 0.1) is 5.41 Å². The molecule has 0 aliphatic rings. The van der Waals surface area contributed by atoms with E-state index in [2.05, 4.69) is 5.32 Å². The van der Waals surface area contributed by atoms with Gasteiger partial charge in [0.05, 0.1) is 6.04 Å². The molecule has 3 heteroatoms. The van der Waals surface area contributed by atoms with Crippen LogP contribution in [0.5, 0.6) is 5.75 Å². The summed E-state index contributed by atoms with van der Waals surface area (Å²) in [5, 5.41) is 12.7. The van der Waals surface area contributed by atoms with Crippen LogP contribution in [0.3, 0.4) is 0 Å². The summed E-state index contributed by atoms with van der Waals surface area (Å²) in [7, 11) is 0. The van der Waals surface area contributed by atoms with E-state index in [1.807, 2.05) is 41.5 Å². The maximum absolute atomic E-state index is 12.6. The predicted octanol–water partition coefficient (Wildman–Crippen LogP) is 3.44. The molecule has 0 heterocycles. The van der Waals surface area contributed by atoms with Crippen molar-refractivity contribution < 1.29 is 9.90 Å². The lowest BCUT2D eigenvalue weighted by atomic mass is 9.83. The van der Waals surface area contributed by atoms with Crippen LogP contribution in [0.15, 0.2) is 24.3 Å². The van der Waals surface area contributed by atoms with Gasteiger partial charge in [-0.1, -0.05) is 32.9 Å². The Labute approximate surface area is 116 Å². The number of hydrogen-bond acceptors (Lipinski definition) is 3. The molecule has 0 radical (unpaired) electrons. The molecular formula is C16H25NO2. The normalized spacial score (nSPS) is 14.2. The smallest absolute Gasteiger partial charge is 0.159 e. The summed E-state index contributed by atoms with van der Waals surface area (Å²) in [5.74, 6) is 0.356. The lowest BCUT2D eigenvalue weighted by Crippen LogP contribution is -2.45. The Balaban J connectivity index is 3.12. The van der Waals surface area contributed by atoms with Gasteiger partial charge in [-0.25, -0.2) is 0 Å². The van der Waals surface area contributed by atoms with Gasteiger partial charge in [0.25, 0.3) is 0 Å². The maximum atomic E-state index is 12.6. The number of nitrogens with one attached hydrogen (secondary N) is 1. The van der Waals surface area contributed by atoms with Crippen LogP contribution in [-0.2, 0) is 4.79 Å². The average Bonchev–Trinajstić information content (AvgIpc) is 2.24. The molecule has 2 N–H and O–H groups in total. The Morgan fingerprint density at radius 1 is 1.05 bits per heavy atom. The molecule has 0 spiro atoms. The van der Waals surface area contributed by atoms with Crippen molar-refractivity contribution in [3.8, 4) is 5.75 Å². The molecule has 19 heavy (non-hydrogen) atoms. The molecule has 0 bridgehead atoms. The van der Waals surface area contributed by atoms with Crippen LogP contribution >= 0.6 is 0 Å². The minimum atomic E-state index is -0.416. The van der Waals surface area contributed by atoms with Crippen molar-refractivity contribution >= 4 is 5.78 Å². The van der Waals surface area contributed by atoms with E-state index in [0.29, 0.717) is 0 Å². The Morgan fingerprint density at radius 2 is 1.53 bits per heavy atom. The number of Topliss-reactive ketones (excluding diaryl/α,β-unsaturated/α-hetero) is 1. The zero-order chi connectivity index (χ0) is 14.8. The molecule has 0 saturated heterocycles. The largest absolute Gasteiger partial charge is 0.508 e. The number of carbonyl (C=O) groups is 1. The van der Waals surface area contributed by atoms with E-state index in [1.165, 1.54) is 0 Å². The summed E-state index contributed by atoms with van der Waals surface area (Å²) in [5.41, 5.74) is 0.303. The number of benzene rings is 1. The van der Waals surface area contributed by atoms with Gasteiger partial charge in [0, 0.05) is 11.0 Å². The van der Waals surface area contributed by atoms with Crippen molar-refractivity contribution in [2.75, 3.05) is 0 Å². The SMILES string of the molecule is CC(C)(C)NC(C(=O)C(C)(C)C)c1ccc(O)cc1. The summed E-state index contributed by atoms with van der Waals surface area (Å²) >= 11 is 0. The standard InChI is InChI=1S/C16H25NO2/c1-15(2,3)14(19)13(17-16(4,5)6)11-7-9-12(18)10-8-11/h7-10,13,17-18H,1-6H3. The third-order valence-corrected chi connectivity index (χ3v) is 2.81. The van der Waals surface area contributed by atoms with Crippen LogP contribution < -0.4 is 5.32 Å².